The van der Waals surface area contributed by atoms with E-state index >= 15 is 0 Å². The summed E-state index contributed by atoms with van der Waals surface area (Å²) >= 11 is 0. The summed E-state index contributed by atoms with van der Waals surface area (Å²) in [4.78, 5) is 10.8. The zero-order valence-electron chi connectivity index (χ0n) is 10.6. The Bertz CT molecular complexity index is 381. The number of rotatable bonds is 4. The third kappa shape index (κ3) is 4.04. The molecule has 4 heteroatoms. The minimum Gasteiger partial charge on any atom is -0.382 e. The Morgan fingerprint density at radius 3 is 2.78 bits per heavy atom. The van der Waals surface area contributed by atoms with Crippen LogP contribution in [0, 0.1) is 0 Å². The first-order valence-electron chi connectivity index (χ1n) is 6.58. The van der Waals surface area contributed by atoms with Crippen molar-refractivity contribution in [2.75, 3.05) is 18.4 Å². The quantitative estimate of drug-likeness (QED) is 0.750. The number of hydrogen-bond donors (Lipinski definition) is 3. The first-order chi connectivity index (χ1) is 8.74. The molecule has 4 N–H and O–H groups in total. The maximum atomic E-state index is 10.8. The van der Waals surface area contributed by atoms with Gasteiger partial charge in [-0.1, -0.05) is 12.1 Å². The number of primary amides is 1. The molecule has 0 bridgehead atoms. The van der Waals surface area contributed by atoms with Gasteiger partial charge in [0.05, 0.1) is 6.42 Å². The maximum Gasteiger partial charge on any atom is 0.221 e. The van der Waals surface area contributed by atoms with Crippen molar-refractivity contribution < 1.29 is 4.79 Å². The van der Waals surface area contributed by atoms with Gasteiger partial charge in [0.1, 0.15) is 0 Å². The Morgan fingerprint density at radius 2 is 2.06 bits per heavy atom. The number of carbonyl (C=O) groups is 1. The Morgan fingerprint density at radius 1 is 1.28 bits per heavy atom. The van der Waals surface area contributed by atoms with Gasteiger partial charge in [0.25, 0.3) is 0 Å². The SMILES string of the molecule is NC(=O)Cc1ccc(NC2CCCNCC2)cc1. The first kappa shape index (κ1) is 12.9. The average molecular weight is 247 g/mol. The molecule has 1 fully saturated rings. The normalized spacial score (nSPS) is 20.1. The highest BCUT2D eigenvalue weighted by atomic mass is 16.1. The summed E-state index contributed by atoms with van der Waals surface area (Å²) < 4.78 is 0. The van der Waals surface area contributed by atoms with Gasteiger partial charge in [-0.15, -0.1) is 0 Å². The zero-order valence-corrected chi connectivity index (χ0v) is 10.6. The lowest BCUT2D eigenvalue weighted by Crippen LogP contribution is -2.21. The molecule has 0 aromatic heterocycles. The highest BCUT2D eigenvalue weighted by Gasteiger charge is 2.11. The predicted molar refractivity (Wildman–Crippen MR) is 73.5 cm³/mol. The zero-order chi connectivity index (χ0) is 12.8. The van der Waals surface area contributed by atoms with E-state index < -0.39 is 0 Å². The van der Waals surface area contributed by atoms with Crippen molar-refractivity contribution in [3.8, 4) is 0 Å². The summed E-state index contributed by atoms with van der Waals surface area (Å²) in [6.45, 7) is 2.20. The standard InChI is InChI=1S/C14H21N3O/c15-14(18)10-11-3-5-13(6-4-11)17-12-2-1-8-16-9-7-12/h3-6,12,16-17H,1-2,7-10H2,(H2,15,18). The molecule has 1 unspecified atom stereocenters. The molecular weight excluding hydrogens is 226 g/mol. The minimum atomic E-state index is -0.287. The monoisotopic (exact) mass is 247 g/mol. The van der Waals surface area contributed by atoms with Crippen LogP contribution in [-0.4, -0.2) is 25.0 Å². The highest BCUT2D eigenvalue weighted by Crippen LogP contribution is 2.15. The smallest absolute Gasteiger partial charge is 0.221 e. The molecule has 18 heavy (non-hydrogen) atoms. The summed E-state index contributed by atoms with van der Waals surface area (Å²) in [5.41, 5.74) is 7.26. The molecule has 1 aliphatic heterocycles. The first-order valence-corrected chi connectivity index (χ1v) is 6.58. The van der Waals surface area contributed by atoms with Crippen molar-refractivity contribution >= 4 is 11.6 Å². The van der Waals surface area contributed by atoms with Crippen LogP contribution in [0.2, 0.25) is 0 Å². The van der Waals surface area contributed by atoms with Crippen LogP contribution in [0.3, 0.4) is 0 Å². The summed E-state index contributed by atoms with van der Waals surface area (Å²) in [6.07, 6.45) is 3.89. The lowest BCUT2D eigenvalue weighted by Gasteiger charge is -2.17. The van der Waals surface area contributed by atoms with Gasteiger partial charge in [-0.2, -0.15) is 0 Å². The van der Waals surface area contributed by atoms with E-state index in [0.717, 1.165) is 30.8 Å². The van der Waals surface area contributed by atoms with Gasteiger partial charge in [0.15, 0.2) is 0 Å². The third-order valence-electron chi connectivity index (χ3n) is 3.28. The molecule has 98 valence electrons. The van der Waals surface area contributed by atoms with Crippen LogP contribution in [0.1, 0.15) is 24.8 Å². The fraction of sp³-hybridized carbons (Fsp3) is 0.500. The largest absolute Gasteiger partial charge is 0.382 e. The number of amides is 1. The number of nitrogens with one attached hydrogen (secondary N) is 2. The predicted octanol–water partition coefficient (Wildman–Crippen LogP) is 1.27. The number of nitrogens with two attached hydrogens (primary N) is 1. The van der Waals surface area contributed by atoms with E-state index in [9.17, 15) is 4.79 Å². The molecule has 1 heterocycles. The molecule has 0 spiro atoms. The van der Waals surface area contributed by atoms with Crippen LogP contribution in [0.15, 0.2) is 24.3 Å². The lowest BCUT2D eigenvalue weighted by molar-refractivity contribution is -0.117. The molecule has 0 radical (unpaired) electrons. The molecule has 0 saturated carbocycles. The molecule has 1 aromatic rings. The molecule has 2 rings (SSSR count). The van der Waals surface area contributed by atoms with E-state index in [1.54, 1.807) is 0 Å². The second-order valence-corrected chi connectivity index (χ2v) is 4.86. The third-order valence-corrected chi connectivity index (χ3v) is 3.28. The summed E-state index contributed by atoms with van der Waals surface area (Å²) in [6, 6.07) is 8.51. The molecule has 1 saturated heterocycles. The van der Waals surface area contributed by atoms with E-state index in [1.807, 2.05) is 24.3 Å². The van der Waals surface area contributed by atoms with Crippen molar-refractivity contribution in [1.29, 1.82) is 0 Å². The van der Waals surface area contributed by atoms with E-state index in [4.69, 9.17) is 5.73 Å². The number of benzene rings is 1. The lowest BCUT2D eigenvalue weighted by atomic mass is 10.1. The second-order valence-electron chi connectivity index (χ2n) is 4.86. The van der Waals surface area contributed by atoms with Gasteiger partial charge in [-0.25, -0.2) is 0 Å². The van der Waals surface area contributed by atoms with Crippen LogP contribution in [-0.2, 0) is 11.2 Å². The Labute approximate surface area is 108 Å². The maximum absolute atomic E-state index is 10.8. The Kier molecular flexibility index (Phi) is 4.59. The van der Waals surface area contributed by atoms with Crippen LogP contribution in [0.4, 0.5) is 5.69 Å². The van der Waals surface area contributed by atoms with Gasteiger partial charge in [-0.05, 0) is 50.0 Å². The van der Waals surface area contributed by atoms with Gasteiger partial charge < -0.3 is 16.4 Å². The molecule has 1 atom stereocenters. The Hall–Kier alpha value is -1.55. The van der Waals surface area contributed by atoms with Crippen LogP contribution < -0.4 is 16.4 Å². The molecule has 1 amide bonds. The topological polar surface area (TPSA) is 67.2 Å². The highest BCUT2D eigenvalue weighted by molar-refractivity contribution is 5.76. The fourth-order valence-corrected chi connectivity index (χ4v) is 2.32. The minimum absolute atomic E-state index is 0.287. The number of hydrogen-bond acceptors (Lipinski definition) is 3. The average Bonchev–Trinajstić information content (AvgIpc) is 2.60. The van der Waals surface area contributed by atoms with E-state index in [0.29, 0.717) is 12.5 Å². The van der Waals surface area contributed by atoms with E-state index in [2.05, 4.69) is 10.6 Å². The van der Waals surface area contributed by atoms with Gasteiger partial charge >= 0.3 is 0 Å². The summed E-state index contributed by atoms with van der Waals surface area (Å²) in [7, 11) is 0. The van der Waals surface area contributed by atoms with Crippen molar-refractivity contribution in [1.82, 2.24) is 5.32 Å². The number of anilines is 1. The molecular formula is C14H21N3O. The molecule has 0 aliphatic carbocycles. The van der Waals surface area contributed by atoms with Crippen molar-refractivity contribution in [3.05, 3.63) is 29.8 Å². The van der Waals surface area contributed by atoms with Crippen LogP contribution in [0.5, 0.6) is 0 Å². The molecule has 1 aromatic carbocycles. The van der Waals surface area contributed by atoms with Gasteiger partial charge in [-0.3, -0.25) is 4.79 Å². The van der Waals surface area contributed by atoms with Crippen LogP contribution in [0.25, 0.3) is 0 Å². The second kappa shape index (κ2) is 6.40. The Balaban J connectivity index is 1.90. The van der Waals surface area contributed by atoms with Gasteiger partial charge in [0.2, 0.25) is 5.91 Å². The molecule has 4 nitrogen and oxygen atoms in total. The summed E-state index contributed by atoms with van der Waals surface area (Å²) in [5.74, 6) is -0.287. The van der Waals surface area contributed by atoms with Gasteiger partial charge in [0, 0.05) is 11.7 Å². The fourth-order valence-electron chi connectivity index (χ4n) is 2.32. The van der Waals surface area contributed by atoms with Crippen molar-refractivity contribution in [2.24, 2.45) is 5.73 Å². The number of carbonyl (C=O) groups excluding carboxylic acids is 1. The van der Waals surface area contributed by atoms with Crippen LogP contribution >= 0.6 is 0 Å². The van der Waals surface area contributed by atoms with E-state index in [1.165, 1.54) is 12.8 Å². The molecule has 1 aliphatic rings. The van der Waals surface area contributed by atoms with Crippen molar-refractivity contribution in [3.63, 3.8) is 0 Å². The van der Waals surface area contributed by atoms with E-state index in [-0.39, 0.29) is 5.91 Å². The summed E-state index contributed by atoms with van der Waals surface area (Å²) in [5, 5.41) is 6.95. The van der Waals surface area contributed by atoms with Crippen molar-refractivity contribution in [2.45, 2.75) is 31.7 Å².